The van der Waals surface area contributed by atoms with E-state index < -0.39 is 0 Å². The van der Waals surface area contributed by atoms with Crippen LogP contribution in [0.2, 0.25) is 4.34 Å². The van der Waals surface area contributed by atoms with Gasteiger partial charge in [-0.3, -0.25) is 4.79 Å². The lowest BCUT2D eigenvalue weighted by atomic mass is 10.4. The molecule has 9 heteroatoms. The number of nitrogens with zero attached hydrogens (tertiary/aromatic N) is 4. The molecule has 0 saturated carbocycles. The Morgan fingerprint density at radius 3 is 2.92 bits per heavy atom. The maximum Gasteiger partial charge on any atom is 0.261 e. The third kappa shape index (κ3) is 4.09. The summed E-state index contributed by atoms with van der Waals surface area (Å²) in [6.07, 6.45) is 3.51. The number of hydrogen-bond acceptors (Lipinski definition) is 6. The van der Waals surface area contributed by atoms with Gasteiger partial charge in [0.2, 0.25) is 0 Å². The lowest BCUT2D eigenvalue weighted by Gasteiger charge is -2.09. The summed E-state index contributed by atoms with van der Waals surface area (Å²) in [4.78, 5) is 21.2. The number of aryl methyl sites for hydroxylation is 1. The molecule has 3 aromatic rings. The Labute approximate surface area is 147 Å². The Balaban J connectivity index is 1.54. The van der Waals surface area contributed by atoms with Crippen LogP contribution in [0.3, 0.4) is 0 Å². The summed E-state index contributed by atoms with van der Waals surface area (Å²) < 4.78 is 2.27. The number of thiophene rings is 1. The summed E-state index contributed by atoms with van der Waals surface area (Å²) in [6.45, 7) is 2.83. The van der Waals surface area contributed by atoms with Crippen LogP contribution in [0, 0.1) is 6.92 Å². The van der Waals surface area contributed by atoms with E-state index in [4.69, 9.17) is 11.6 Å². The highest BCUT2D eigenvalue weighted by atomic mass is 35.5. The fraction of sp³-hybridized carbons (Fsp3) is 0.200. The van der Waals surface area contributed by atoms with Crippen molar-refractivity contribution in [1.29, 1.82) is 0 Å². The van der Waals surface area contributed by atoms with E-state index in [-0.39, 0.29) is 5.91 Å². The Morgan fingerprint density at radius 1 is 1.33 bits per heavy atom. The first-order valence-corrected chi connectivity index (χ1v) is 8.44. The van der Waals surface area contributed by atoms with Crippen LogP contribution >= 0.6 is 22.9 Å². The maximum atomic E-state index is 11.9. The zero-order valence-corrected chi connectivity index (χ0v) is 14.4. The van der Waals surface area contributed by atoms with Crippen molar-refractivity contribution in [2.24, 2.45) is 0 Å². The molecule has 0 bridgehead atoms. The lowest BCUT2D eigenvalue weighted by Crippen LogP contribution is -2.28. The minimum absolute atomic E-state index is 0.134. The largest absolute Gasteiger partial charge is 0.368 e. The monoisotopic (exact) mass is 362 g/mol. The predicted octanol–water partition coefficient (Wildman–Crippen LogP) is 2.53. The van der Waals surface area contributed by atoms with Crippen molar-refractivity contribution in [1.82, 2.24) is 25.1 Å². The van der Waals surface area contributed by atoms with Gasteiger partial charge in [0.05, 0.1) is 9.21 Å². The molecule has 3 aromatic heterocycles. The van der Waals surface area contributed by atoms with Crippen LogP contribution in [0.1, 0.15) is 15.5 Å². The molecule has 3 heterocycles. The molecule has 0 radical (unpaired) electrons. The van der Waals surface area contributed by atoms with E-state index in [0.717, 1.165) is 0 Å². The van der Waals surface area contributed by atoms with Gasteiger partial charge in [-0.1, -0.05) is 11.6 Å². The smallest absolute Gasteiger partial charge is 0.261 e. The van der Waals surface area contributed by atoms with Gasteiger partial charge in [-0.25, -0.2) is 14.6 Å². The van der Waals surface area contributed by atoms with E-state index in [0.29, 0.717) is 39.8 Å². The Kier molecular flexibility index (Phi) is 5.07. The standard InChI is InChI=1S/C15H15ClN6OS/c1-10-20-13(9-14(21-10)22-8-2-5-19-22)17-6-7-18-15(23)11-3-4-12(16)24-11/h2-5,8-9H,6-7H2,1H3,(H,18,23)(H,17,20,21). The lowest BCUT2D eigenvalue weighted by molar-refractivity contribution is 0.0959. The van der Waals surface area contributed by atoms with E-state index in [1.54, 1.807) is 29.1 Å². The topological polar surface area (TPSA) is 84.7 Å². The average Bonchev–Trinajstić information content (AvgIpc) is 3.22. The van der Waals surface area contributed by atoms with E-state index >= 15 is 0 Å². The van der Waals surface area contributed by atoms with Crippen LogP contribution in [-0.4, -0.2) is 38.7 Å². The van der Waals surface area contributed by atoms with Crippen LogP contribution < -0.4 is 10.6 Å². The van der Waals surface area contributed by atoms with Gasteiger partial charge in [0, 0.05) is 31.5 Å². The Hall–Kier alpha value is -2.45. The molecule has 7 nitrogen and oxygen atoms in total. The summed E-state index contributed by atoms with van der Waals surface area (Å²) in [5, 5.41) is 10.2. The first-order chi connectivity index (χ1) is 11.6. The molecule has 0 unspecified atom stereocenters. The third-order valence-corrected chi connectivity index (χ3v) is 4.31. The highest BCUT2D eigenvalue weighted by Crippen LogP contribution is 2.20. The minimum atomic E-state index is -0.134. The van der Waals surface area contributed by atoms with Gasteiger partial charge in [0.1, 0.15) is 11.6 Å². The summed E-state index contributed by atoms with van der Waals surface area (Å²) in [6, 6.07) is 7.05. The number of aromatic nitrogens is 4. The van der Waals surface area contributed by atoms with Gasteiger partial charge in [-0.05, 0) is 25.1 Å². The highest BCUT2D eigenvalue weighted by Gasteiger charge is 2.08. The number of amides is 1. The molecule has 0 aliphatic heterocycles. The van der Waals surface area contributed by atoms with E-state index in [9.17, 15) is 4.79 Å². The number of carbonyl (C=O) groups is 1. The van der Waals surface area contributed by atoms with Crippen molar-refractivity contribution in [3.63, 3.8) is 0 Å². The first kappa shape index (κ1) is 16.4. The minimum Gasteiger partial charge on any atom is -0.368 e. The molecule has 2 N–H and O–H groups in total. The Bertz CT molecular complexity index is 832. The number of nitrogens with one attached hydrogen (secondary N) is 2. The first-order valence-electron chi connectivity index (χ1n) is 7.25. The second kappa shape index (κ2) is 7.41. The second-order valence-corrected chi connectivity index (χ2v) is 6.61. The molecule has 124 valence electrons. The van der Waals surface area contributed by atoms with Crippen LogP contribution in [0.5, 0.6) is 0 Å². The summed E-state index contributed by atoms with van der Waals surface area (Å²) in [5.41, 5.74) is 0. The molecule has 0 spiro atoms. The summed E-state index contributed by atoms with van der Waals surface area (Å²) >= 11 is 7.08. The number of halogens is 1. The van der Waals surface area contributed by atoms with Crippen molar-refractivity contribution >= 4 is 34.7 Å². The number of anilines is 1. The van der Waals surface area contributed by atoms with E-state index in [1.165, 1.54) is 11.3 Å². The van der Waals surface area contributed by atoms with E-state index in [1.807, 2.05) is 19.2 Å². The number of rotatable bonds is 6. The Morgan fingerprint density at radius 2 is 2.21 bits per heavy atom. The molecule has 1 amide bonds. The second-order valence-electron chi connectivity index (χ2n) is 4.90. The highest BCUT2D eigenvalue weighted by molar-refractivity contribution is 7.17. The molecular weight excluding hydrogens is 348 g/mol. The molecule has 0 saturated heterocycles. The van der Waals surface area contributed by atoms with Crippen LogP contribution in [0.15, 0.2) is 36.7 Å². The average molecular weight is 363 g/mol. The molecule has 0 fully saturated rings. The zero-order chi connectivity index (χ0) is 16.9. The van der Waals surface area contributed by atoms with Gasteiger partial charge in [-0.15, -0.1) is 11.3 Å². The summed E-state index contributed by atoms with van der Waals surface area (Å²) in [7, 11) is 0. The van der Waals surface area contributed by atoms with Crippen LogP contribution in [0.4, 0.5) is 5.82 Å². The van der Waals surface area contributed by atoms with E-state index in [2.05, 4.69) is 25.7 Å². The molecular formula is C15H15ClN6OS. The van der Waals surface area contributed by atoms with Crippen molar-refractivity contribution in [2.45, 2.75) is 6.92 Å². The molecule has 0 aromatic carbocycles. The van der Waals surface area contributed by atoms with Gasteiger partial charge in [0.25, 0.3) is 5.91 Å². The summed E-state index contributed by atoms with van der Waals surface area (Å²) in [5.74, 6) is 1.88. The fourth-order valence-corrected chi connectivity index (χ4v) is 3.01. The maximum absolute atomic E-state index is 11.9. The van der Waals surface area contributed by atoms with Gasteiger partial charge in [-0.2, -0.15) is 5.10 Å². The predicted molar refractivity (Wildman–Crippen MR) is 94.0 cm³/mol. The number of carbonyl (C=O) groups excluding carboxylic acids is 1. The molecule has 0 aliphatic carbocycles. The van der Waals surface area contributed by atoms with Crippen molar-refractivity contribution in [2.75, 3.05) is 18.4 Å². The van der Waals surface area contributed by atoms with Crippen LogP contribution in [0.25, 0.3) is 5.82 Å². The SMILES string of the molecule is Cc1nc(NCCNC(=O)c2ccc(Cl)s2)cc(-n2cccn2)n1. The van der Waals surface area contributed by atoms with Gasteiger partial charge in [0.15, 0.2) is 5.82 Å². The van der Waals surface area contributed by atoms with Crippen molar-refractivity contribution < 1.29 is 4.79 Å². The fourth-order valence-electron chi connectivity index (χ4n) is 2.05. The molecule has 24 heavy (non-hydrogen) atoms. The van der Waals surface area contributed by atoms with Gasteiger partial charge < -0.3 is 10.6 Å². The third-order valence-electron chi connectivity index (χ3n) is 3.08. The molecule has 0 aliphatic rings. The normalized spacial score (nSPS) is 10.6. The van der Waals surface area contributed by atoms with Crippen molar-refractivity contribution in [3.8, 4) is 5.82 Å². The number of hydrogen-bond donors (Lipinski definition) is 2. The molecule has 3 rings (SSSR count). The van der Waals surface area contributed by atoms with Gasteiger partial charge >= 0.3 is 0 Å². The molecule has 0 atom stereocenters. The zero-order valence-electron chi connectivity index (χ0n) is 12.9. The van der Waals surface area contributed by atoms with Crippen molar-refractivity contribution in [3.05, 3.63) is 51.7 Å². The quantitative estimate of drug-likeness (QED) is 0.658. The van der Waals surface area contributed by atoms with Crippen LogP contribution in [-0.2, 0) is 0 Å².